The lowest BCUT2D eigenvalue weighted by molar-refractivity contribution is -0.140. The lowest BCUT2D eigenvalue weighted by Gasteiger charge is -2.07. The number of carbonyl (C=O) groups excluding carboxylic acids is 1. The van der Waals surface area contributed by atoms with E-state index in [2.05, 4.69) is 0 Å². The van der Waals surface area contributed by atoms with Crippen LogP contribution >= 0.6 is 0 Å². The van der Waals surface area contributed by atoms with Crippen LogP contribution in [-0.4, -0.2) is 37.1 Å². The van der Waals surface area contributed by atoms with Crippen molar-refractivity contribution in [2.24, 2.45) is 0 Å². The largest absolute Gasteiger partial charge is 0.480 e. The number of aldehydes is 1. The first-order valence-electron chi connectivity index (χ1n) is 3.66. The third-order valence-corrected chi connectivity index (χ3v) is 3.59. The van der Waals surface area contributed by atoms with E-state index in [1.165, 1.54) is 0 Å². The topological polar surface area (TPSA) is 101 Å². The second-order valence-corrected chi connectivity index (χ2v) is 4.81. The lowest BCUT2D eigenvalue weighted by Crippen LogP contribution is -2.43. The first-order valence-corrected chi connectivity index (χ1v) is 5.21. The van der Waals surface area contributed by atoms with Crippen LogP contribution in [0.25, 0.3) is 0 Å². The molecule has 0 aliphatic heterocycles. The van der Waals surface area contributed by atoms with Gasteiger partial charge >= 0.3 is 5.97 Å². The van der Waals surface area contributed by atoms with Crippen molar-refractivity contribution in [1.82, 2.24) is 4.72 Å². The number of sulfonamides is 1. The molecule has 7 heteroatoms. The summed E-state index contributed by atoms with van der Waals surface area (Å²) in [6.45, 7) is 0. The second kappa shape index (κ2) is 3.43. The summed E-state index contributed by atoms with van der Waals surface area (Å²) < 4.78 is 24.1. The van der Waals surface area contributed by atoms with E-state index in [0.717, 1.165) is 0 Å². The Bertz CT molecular complexity index is 318. The van der Waals surface area contributed by atoms with Gasteiger partial charge in [-0.25, -0.2) is 8.42 Å². The fourth-order valence-electron chi connectivity index (χ4n) is 0.788. The molecule has 0 bridgehead atoms. The van der Waals surface area contributed by atoms with Crippen molar-refractivity contribution < 1.29 is 23.1 Å². The quantitative estimate of drug-likeness (QED) is 0.432. The van der Waals surface area contributed by atoms with Crippen LogP contribution in [0.1, 0.15) is 12.8 Å². The van der Waals surface area contributed by atoms with Crippen LogP contribution in [0.5, 0.6) is 0 Å². The minimum Gasteiger partial charge on any atom is -0.480 e. The maximum atomic E-state index is 11.1. The summed E-state index contributed by atoms with van der Waals surface area (Å²) in [4.78, 5) is 20.5. The van der Waals surface area contributed by atoms with Gasteiger partial charge in [0.25, 0.3) is 0 Å². The Morgan fingerprint density at radius 1 is 1.54 bits per heavy atom. The van der Waals surface area contributed by atoms with Crippen LogP contribution in [0.3, 0.4) is 0 Å². The molecule has 0 amide bonds. The molecule has 0 aromatic carbocycles. The zero-order valence-corrected chi connectivity index (χ0v) is 7.45. The number of carboxylic acid groups (broad SMARTS) is 1. The highest BCUT2D eigenvalue weighted by molar-refractivity contribution is 7.90. The molecule has 0 saturated heterocycles. The molecule has 2 N–H and O–H groups in total. The Kier molecular flexibility index (Phi) is 2.67. The zero-order valence-electron chi connectivity index (χ0n) is 6.63. The summed E-state index contributed by atoms with van der Waals surface area (Å²) in [5.41, 5.74) is 0. The molecule has 0 heterocycles. The van der Waals surface area contributed by atoms with Crippen molar-refractivity contribution in [2.75, 3.05) is 0 Å². The maximum Gasteiger partial charge on any atom is 0.329 e. The summed E-state index contributed by atoms with van der Waals surface area (Å²) in [7, 11) is -3.61. The number of carbonyl (C=O) groups is 2. The van der Waals surface area contributed by atoms with Gasteiger partial charge in [0.2, 0.25) is 10.0 Å². The standard InChI is InChI=1S/C6H9NO5S/c8-3-5(6(9)10)7-13(11,12)4-1-2-4/h3-5,7H,1-2H2,(H,9,10). The van der Waals surface area contributed by atoms with Crippen molar-refractivity contribution in [2.45, 2.75) is 24.1 Å². The monoisotopic (exact) mass is 207 g/mol. The molecule has 1 unspecified atom stereocenters. The van der Waals surface area contributed by atoms with E-state index in [1.54, 1.807) is 0 Å². The third kappa shape index (κ3) is 2.49. The highest BCUT2D eigenvalue weighted by atomic mass is 32.2. The van der Waals surface area contributed by atoms with E-state index in [-0.39, 0.29) is 6.29 Å². The second-order valence-electron chi connectivity index (χ2n) is 2.81. The van der Waals surface area contributed by atoms with E-state index in [0.29, 0.717) is 12.8 Å². The minimum absolute atomic E-state index is 0.0578. The van der Waals surface area contributed by atoms with Crippen LogP contribution in [-0.2, 0) is 19.6 Å². The van der Waals surface area contributed by atoms with Crippen LogP contribution in [0.15, 0.2) is 0 Å². The number of rotatable bonds is 5. The van der Waals surface area contributed by atoms with Gasteiger partial charge in [-0.1, -0.05) is 0 Å². The predicted octanol–water partition coefficient (Wildman–Crippen LogP) is -1.28. The molecule has 0 aromatic heterocycles. The van der Waals surface area contributed by atoms with Crippen LogP contribution in [0.4, 0.5) is 0 Å². The molecular formula is C6H9NO5S. The van der Waals surface area contributed by atoms with Crippen molar-refractivity contribution >= 4 is 22.3 Å². The average molecular weight is 207 g/mol. The van der Waals surface area contributed by atoms with Gasteiger partial charge in [0.1, 0.15) is 6.29 Å². The molecule has 0 spiro atoms. The molecule has 1 atom stereocenters. The van der Waals surface area contributed by atoms with E-state index >= 15 is 0 Å². The molecule has 1 aliphatic rings. The number of hydrogen-bond donors (Lipinski definition) is 2. The first-order chi connectivity index (χ1) is 5.97. The van der Waals surface area contributed by atoms with Gasteiger partial charge in [-0.15, -0.1) is 0 Å². The highest BCUT2D eigenvalue weighted by Gasteiger charge is 2.38. The summed E-state index contributed by atoms with van der Waals surface area (Å²) in [5, 5.41) is 7.86. The Balaban J connectivity index is 2.65. The molecule has 1 aliphatic carbocycles. The first kappa shape index (κ1) is 10.1. The summed E-state index contributed by atoms with van der Waals surface area (Å²) >= 11 is 0. The van der Waals surface area contributed by atoms with Gasteiger partial charge in [-0.2, -0.15) is 4.72 Å². The predicted molar refractivity (Wildman–Crippen MR) is 42.6 cm³/mol. The molecule has 1 rings (SSSR count). The van der Waals surface area contributed by atoms with Crippen molar-refractivity contribution in [3.63, 3.8) is 0 Å². The smallest absolute Gasteiger partial charge is 0.329 e. The van der Waals surface area contributed by atoms with Crippen molar-refractivity contribution in [3.05, 3.63) is 0 Å². The zero-order chi connectivity index (χ0) is 10.1. The van der Waals surface area contributed by atoms with Gasteiger partial charge in [0, 0.05) is 0 Å². The fraction of sp³-hybridized carbons (Fsp3) is 0.667. The van der Waals surface area contributed by atoms with E-state index in [1.807, 2.05) is 4.72 Å². The Hall–Kier alpha value is -0.950. The van der Waals surface area contributed by atoms with E-state index < -0.39 is 27.3 Å². The number of carboxylic acids is 1. The average Bonchev–Trinajstić information content (AvgIpc) is 2.81. The molecular weight excluding hydrogens is 198 g/mol. The molecule has 1 saturated carbocycles. The van der Waals surface area contributed by atoms with Crippen LogP contribution in [0.2, 0.25) is 0 Å². The minimum atomic E-state index is -3.61. The summed E-state index contributed by atoms with van der Waals surface area (Å²) in [6.07, 6.45) is 1.11. The molecule has 1 fully saturated rings. The van der Waals surface area contributed by atoms with Crippen molar-refractivity contribution in [3.8, 4) is 0 Å². The Labute approximate surface area is 75.0 Å². The summed E-state index contributed by atoms with van der Waals surface area (Å²) in [5.74, 6) is -1.49. The van der Waals surface area contributed by atoms with E-state index in [4.69, 9.17) is 5.11 Å². The number of hydrogen-bond acceptors (Lipinski definition) is 4. The maximum absolute atomic E-state index is 11.1. The van der Waals surface area contributed by atoms with Crippen molar-refractivity contribution in [1.29, 1.82) is 0 Å². The number of nitrogens with one attached hydrogen (secondary N) is 1. The molecule has 13 heavy (non-hydrogen) atoms. The van der Waals surface area contributed by atoms with Gasteiger partial charge < -0.3 is 9.90 Å². The third-order valence-electron chi connectivity index (χ3n) is 1.66. The van der Waals surface area contributed by atoms with E-state index in [9.17, 15) is 18.0 Å². The SMILES string of the molecule is O=CC(NS(=O)(=O)C1CC1)C(=O)O. The highest BCUT2D eigenvalue weighted by Crippen LogP contribution is 2.27. The Morgan fingerprint density at radius 2 is 2.08 bits per heavy atom. The lowest BCUT2D eigenvalue weighted by atomic mass is 10.4. The number of aliphatic carboxylic acids is 1. The normalized spacial score (nSPS) is 19.4. The molecule has 0 radical (unpaired) electrons. The van der Waals surface area contributed by atoms with Gasteiger partial charge in [-0.05, 0) is 12.8 Å². The van der Waals surface area contributed by atoms with Gasteiger partial charge in [0.05, 0.1) is 5.25 Å². The van der Waals surface area contributed by atoms with Crippen LogP contribution < -0.4 is 4.72 Å². The molecule has 6 nitrogen and oxygen atoms in total. The summed E-state index contributed by atoms with van der Waals surface area (Å²) in [6, 6.07) is -1.66. The van der Waals surface area contributed by atoms with Gasteiger partial charge in [-0.3, -0.25) is 4.79 Å². The molecule has 0 aromatic rings. The van der Waals surface area contributed by atoms with Gasteiger partial charge in [0.15, 0.2) is 6.04 Å². The molecule has 74 valence electrons. The van der Waals surface area contributed by atoms with Crippen LogP contribution in [0, 0.1) is 0 Å². The fourth-order valence-corrected chi connectivity index (χ4v) is 2.25. The Morgan fingerprint density at radius 3 is 2.38 bits per heavy atom.